The first-order valence-corrected chi connectivity index (χ1v) is 10.4. The molecule has 2 aromatic rings. The van der Waals surface area contributed by atoms with Gasteiger partial charge in [-0.3, -0.25) is 4.79 Å². The smallest absolute Gasteiger partial charge is 0.229 e. The number of hydrogen-bond acceptors (Lipinski definition) is 8. The summed E-state index contributed by atoms with van der Waals surface area (Å²) in [5, 5.41) is 4.05. The third kappa shape index (κ3) is 3.62. The van der Waals surface area contributed by atoms with E-state index in [9.17, 15) is 13.2 Å². The number of rotatable bonds is 4. The molecule has 12 heteroatoms. The SMILES string of the molecule is CS(=O)(=O)N1CCN(C(=O)C2CN(c3cc(-n4cncn4)ncn3)C2)CC1. The van der Waals surface area contributed by atoms with E-state index in [-0.39, 0.29) is 11.8 Å². The summed E-state index contributed by atoms with van der Waals surface area (Å²) in [4.78, 5) is 28.8. The normalized spacial score (nSPS) is 19.1. The summed E-state index contributed by atoms with van der Waals surface area (Å²) in [6.07, 6.45) is 5.66. The van der Waals surface area contributed by atoms with E-state index in [4.69, 9.17) is 0 Å². The molecule has 0 aromatic carbocycles. The molecule has 144 valence electrons. The molecule has 2 aliphatic heterocycles. The summed E-state index contributed by atoms with van der Waals surface area (Å²) in [6.45, 7) is 2.75. The molecule has 2 saturated heterocycles. The lowest BCUT2D eigenvalue weighted by Crippen LogP contribution is -2.58. The molecule has 0 saturated carbocycles. The lowest BCUT2D eigenvalue weighted by molar-refractivity contribution is -0.137. The number of piperazine rings is 1. The highest BCUT2D eigenvalue weighted by molar-refractivity contribution is 7.88. The molecule has 1 amide bonds. The summed E-state index contributed by atoms with van der Waals surface area (Å²) in [6, 6.07) is 1.81. The third-order valence-corrected chi connectivity index (χ3v) is 6.17. The van der Waals surface area contributed by atoms with E-state index in [0.717, 1.165) is 5.82 Å². The van der Waals surface area contributed by atoms with Gasteiger partial charge in [0.05, 0.1) is 12.2 Å². The van der Waals surface area contributed by atoms with Crippen LogP contribution in [0.2, 0.25) is 0 Å². The van der Waals surface area contributed by atoms with Crippen molar-refractivity contribution in [2.75, 3.05) is 50.4 Å². The Morgan fingerprint density at radius 3 is 2.41 bits per heavy atom. The van der Waals surface area contributed by atoms with E-state index in [0.29, 0.717) is 45.1 Å². The van der Waals surface area contributed by atoms with Crippen molar-refractivity contribution in [2.24, 2.45) is 5.92 Å². The molecule has 11 nitrogen and oxygen atoms in total. The van der Waals surface area contributed by atoms with Crippen molar-refractivity contribution in [2.45, 2.75) is 0 Å². The van der Waals surface area contributed by atoms with Gasteiger partial charge in [0, 0.05) is 45.3 Å². The van der Waals surface area contributed by atoms with E-state index in [1.807, 2.05) is 4.90 Å². The second-order valence-corrected chi connectivity index (χ2v) is 8.65. The van der Waals surface area contributed by atoms with E-state index < -0.39 is 10.0 Å². The first-order chi connectivity index (χ1) is 12.9. The van der Waals surface area contributed by atoms with E-state index in [1.165, 1.54) is 23.2 Å². The molecular weight excluding hydrogens is 372 g/mol. The standard InChI is InChI=1S/C15H20N8O3S/c1-27(25,26)22-4-2-20(3-5-22)15(24)12-7-21(8-12)13-6-14(18-10-17-13)23-11-16-9-19-23/h6,9-12H,2-5,7-8H2,1H3. The average Bonchev–Trinajstić information content (AvgIpc) is 3.15. The number of hydrogen-bond donors (Lipinski definition) is 0. The van der Waals surface area contributed by atoms with Crippen LogP contribution < -0.4 is 4.90 Å². The molecule has 0 radical (unpaired) electrons. The predicted molar refractivity (Wildman–Crippen MR) is 95.6 cm³/mol. The highest BCUT2D eigenvalue weighted by Gasteiger charge is 2.37. The molecule has 27 heavy (non-hydrogen) atoms. The topological polar surface area (TPSA) is 117 Å². The third-order valence-electron chi connectivity index (χ3n) is 4.87. The van der Waals surface area contributed by atoms with Crippen LogP contribution in [0.5, 0.6) is 0 Å². The zero-order valence-electron chi connectivity index (χ0n) is 14.8. The number of anilines is 1. The Morgan fingerprint density at radius 2 is 1.78 bits per heavy atom. The monoisotopic (exact) mass is 392 g/mol. The van der Waals surface area contributed by atoms with E-state index in [1.54, 1.807) is 22.0 Å². The average molecular weight is 392 g/mol. The lowest BCUT2D eigenvalue weighted by atomic mass is 9.98. The van der Waals surface area contributed by atoms with Gasteiger partial charge in [-0.15, -0.1) is 0 Å². The summed E-state index contributed by atoms with van der Waals surface area (Å²) in [5.74, 6) is 1.33. The molecule has 0 unspecified atom stereocenters. The summed E-state index contributed by atoms with van der Waals surface area (Å²) in [5.41, 5.74) is 0. The molecule has 2 aromatic heterocycles. The van der Waals surface area contributed by atoms with Crippen molar-refractivity contribution in [3.05, 3.63) is 25.0 Å². The summed E-state index contributed by atoms with van der Waals surface area (Å²) < 4.78 is 26.1. The van der Waals surface area contributed by atoms with Crippen molar-refractivity contribution in [3.63, 3.8) is 0 Å². The lowest BCUT2D eigenvalue weighted by Gasteiger charge is -2.43. The molecule has 2 aliphatic rings. The van der Waals surface area contributed by atoms with Crippen LogP contribution in [0.25, 0.3) is 5.82 Å². The van der Waals surface area contributed by atoms with Crippen molar-refractivity contribution in [1.29, 1.82) is 0 Å². The van der Waals surface area contributed by atoms with Crippen molar-refractivity contribution < 1.29 is 13.2 Å². The number of amides is 1. The Morgan fingerprint density at radius 1 is 1.07 bits per heavy atom. The minimum atomic E-state index is -3.19. The quantitative estimate of drug-likeness (QED) is 0.623. The minimum Gasteiger partial charge on any atom is -0.355 e. The summed E-state index contributed by atoms with van der Waals surface area (Å²) >= 11 is 0. The molecule has 0 bridgehead atoms. The molecule has 4 rings (SSSR count). The minimum absolute atomic E-state index is 0.0740. The largest absolute Gasteiger partial charge is 0.355 e. The molecule has 0 N–H and O–H groups in total. The maximum absolute atomic E-state index is 12.6. The van der Waals surface area contributed by atoms with Gasteiger partial charge >= 0.3 is 0 Å². The second-order valence-electron chi connectivity index (χ2n) is 6.66. The van der Waals surface area contributed by atoms with Gasteiger partial charge in [0.2, 0.25) is 15.9 Å². The van der Waals surface area contributed by atoms with Crippen molar-refractivity contribution in [3.8, 4) is 5.82 Å². The number of nitrogens with zero attached hydrogens (tertiary/aromatic N) is 8. The van der Waals surface area contributed by atoms with Crippen LogP contribution in [0.4, 0.5) is 5.82 Å². The number of carbonyl (C=O) groups excluding carboxylic acids is 1. The van der Waals surface area contributed by atoms with Crippen LogP contribution in [-0.4, -0.2) is 93.8 Å². The highest BCUT2D eigenvalue weighted by Crippen LogP contribution is 2.25. The van der Waals surface area contributed by atoms with Gasteiger partial charge < -0.3 is 9.80 Å². The van der Waals surface area contributed by atoms with Gasteiger partial charge in [-0.2, -0.15) is 9.40 Å². The van der Waals surface area contributed by atoms with Crippen LogP contribution >= 0.6 is 0 Å². The number of carbonyl (C=O) groups is 1. The fraction of sp³-hybridized carbons (Fsp3) is 0.533. The molecular formula is C15H20N8O3S. The maximum atomic E-state index is 12.6. The molecule has 0 aliphatic carbocycles. The summed E-state index contributed by atoms with van der Waals surface area (Å²) in [7, 11) is -3.19. The van der Waals surface area contributed by atoms with Gasteiger partial charge in [-0.1, -0.05) is 0 Å². The fourth-order valence-corrected chi connectivity index (χ4v) is 4.11. The number of sulfonamides is 1. The predicted octanol–water partition coefficient (Wildman–Crippen LogP) is -1.40. The van der Waals surface area contributed by atoms with Gasteiger partial charge in [0.1, 0.15) is 24.8 Å². The highest BCUT2D eigenvalue weighted by atomic mass is 32.2. The van der Waals surface area contributed by atoms with Crippen LogP contribution in [-0.2, 0) is 14.8 Å². The Hall–Kier alpha value is -2.60. The first-order valence-electron chi connectivity index (χ1n) is 8.58. The Labute approximate surface area is 156 Å². The van der Waals surface area contributed by atoms with E-state index in [2.05, 4.69) is 20.1 Å². The van der Waals surface area contributed by atoms with Crippen LogP contribution in [0.1, 0.15) is 0 Å². The van der Waals surface area contributed by atoms with Crippen molar-refractivity contribution >= 4 is 21.7 Å². The van der Waals surface area contributed by atoms with Gasteiger partial charge in [0.15, 0.2) is 5.82 Å². The van der Waals surface area contributed by atoms with Gasteiger partial charge in [-0.05, 0) is 0 Å². The van der Waals surface area contributed by atoms with Gasteiger partial charge in [-0.25, -0.2) is 28.1 Å². The molecule has 2 fully saturated rings. The maximum Gasteiger partial charge on any atom is 0.229 e. The van der Waals surface area contributed by atoms with Crippen LogP contribution in [0.15, 0.2) is 25.0 Å². The van der Waals surface area contributed by atoms with E-state index >= 15 is 0 Å². The van der Waals surface area contributed by atoms with Crippen LogP contribution in [0, 0.1) is 5.92 Å². The first kappa shape index (κ1) is 17.8. The molecule has 0 spiro atoms. The Balaban J connectivity index is 1.33. The second kappa shape index (κ2) is 6.85. The van der Waals surface area contributed by atoms with Gasteiger partial charge in [0.25, 0.3) is 0 Å². The molecule has 4 heterocycles. The zero-order valence-corrected chi connectivity index (χ0v) is 15.7. The zero-order chi connectivity index (χ0) is 19.0. The van der Waals surface area contributed by atoms with Crippen LogP contribution in [0.3, 0.4) is 0 Å². The van der Waals surface area contributed by atoms with Crippen molar-refractivity contribution in [1.82, 2.24) is 33.9 Å². The Kier molecular flexibility index (Phi) is 4.52. The number of aromatic nitrogens is 5. The Bertz CT molecular complexity index is 918. The fourth-order valence-electron chi connectivity index (χ4n) is 3.28. The molecule has 0 atom stereocenters.